The van der Waals surface area contributed by atoms with Crippen LogP contribution in [0.4, 0.5) is 10.1 Å². The van der Waals surface area contributed by atoms with Crippen LogP contribution < -0.4 is 10.1 Å². The van der Waals surface area contributed by atoms with Gasteiger partial charge in [-0.25, -0.2) is 9.37 Å². The third-order valence-electron chi connectivity index (χ3n) is 6.04. The molecule has 1 atom stereocenters. The zero-order valence-corrected chi connectivity index (χ0v) is 19.2. The van der Waals surface area contributed by atoms with Gasteiger partial charge in [-0.15, -0.1) is 0 Å². The van der Waals surface area contributed by atoms with Crippen LogP contribution in [0.1, 0.15) is 69.1 Å². The van der Waals surface area contributed by atoms with Crippen molar-refractivity contribution in [1.82, 2.24) is 9.88 Å². The summed E-state index contributed by atoms with van der Waals surface area (Å²) in [7, 11) is 0. The SMILES string of the molecule is CC(C)Nc1ccc(C(=O)N2CCC3(CC2)C[C@@H](OC(C)C)c2cc(F)ccc2O3)nc1. The summed E-state index contributed by atoms with van der Waals surface area (Å²) in [6.45, 7) is 9.24. The van der Waals surface area contributed by atoms with E-state index >= 15 is 0 Å². The van der Waals surface area contributed by atoms with Gasteiger partial charge >= 0.3 is 0 Å². The number of ether oxygens (including phenoxy) is 2. The summed E-state index contributed by atoms with van der Waals surface area (Å²) in [4.78, 5) is 19.2. The number of hydrogen-bond acceptors (Lipinski definition) is 5. The van der Waals surface area contributed by atoms with E-state index in [9.17, 15) is 9.18 Å². The van der Waals surface area contributed by atoms with E-state index in [1.165, 1.54) is 12.1 Å². The predicted molar refractivity (Wildman–Crippen MR) is 121 cm³/mol. The smallest absolute Gasteiger partial charge is 0.272 e. The van der Waals surface area contributed by atoms with Crippen LogP contribution in [0, 0.1) is 5.82 Å². The number of hydrogen-bond donors (Lipinski definition) is 1. The molecule has 0 bridgehead atoms. The standard InChI is InChI=1S/C25H32FN3O3/c1-16(2)28-19-6-7-21(27-15-19)24(30)29-11-9-25(10-12-29)14-23(31-17(3)4)20-13-18(26)5-8-22(20)32-25/h5-8,13,15-17,23,28H,9-12,14H2,1-4H3/t23-/m1/s1. The molecule has 0 unspecified atom stereocenters. The number of amides is 1. The fourth-order valence-electron chi connectivity index (χ4n) is 4.56. The lowest BCUT2D eigenvalue weighted by atomic mass is 9.81. The molecule has 1 N–H and O–H groups in total. The lowest BCUT2D eigenvalue weighted by molar-refractivity contribution is -0.0874. The average molecular weight is 442 g/mol. The fourth-order valence-corrected chi connectivity index (χ4v) is 4.56. The summed E-state index contributed by atoms with van der Waals surface area (Å²) in [5, 5.41) is 3.28. The van der Waals surface area contributed by atoms with Crippen LogP contribution in [-0.4, -0.2) is 46.6 Å². The molecule has 1 aromatic heterocycles. The Bertz CT molecular complexity index is 953. The van der Waals surface area contributed by atoms with Gasteiger partial charge in [0.05, 0.1) is 24.1 Å². The second-order valence-corrected chi connectivity index (χ2v) is 9.37. The number of halogens is 1. The van der Waals surface area contributed by atoms with Crippen molar-refractivity contribution in [2.75, 3.05) is 18.4 Å². The van der Waals surface area contributed by atoms with E-state index in [0.29, 0.717) is 49.8 Å². The molecule has 1 fully saturated rings. The zero-order valence-electron chi connectivity index (χ0n) is 19.2. The minimum Gasteiger partial charge on any atom is -0.487 e. The minimum absolute atomic E-state index is 0.0205. The Morgan fingerprint density at radius 3 is 2.59 bits per heavy atom. The van der Waals surface area contributed by atoms with E-state index < -0.39 is 5.60 Å². The van der Waals surface area contributed by atoms with Gasteiger partial charge < -0.3 is 19.7 Å². The molecule has 1 saturated heterocycles. The number of pyridine rings is 1. The summed E-state index contributed by atoms with van der Waals surface area (Å²) < 4.78 is 26.4. The van der Waals surface area contributed by atoms with Crippen molar-refractivity contribution < 1.29 is 18.7 Å². The van der Waals surface area contributed by atoms with Gasteiger partial charge in [-0.05, 0) is 58.0 Å². The van der Waals surface area contributed by atoms with Gasteiger partial charge in [0.25, 0.3) is 5.91 Å². The molecule has 7 heteroatoms. The number of carbonyl (C=O) groups is 1. The Kier molecular flexibility index (Phi) is 6.38. The molecule has 2 aliphatic rings. The molecule has 0 saturated carbocycles. The fraction of sp³-hybridized carbons (Fsp3) is 0.520. The number of nitrogens with one attached hydrogen (secondary N) is 1. The monoisotopic (exact) mass is 441 g/mol. The highest BCUT2D eigenvalue weighted by atomic mass is 19.1. The Morgan fingerprint density at radius 1 is 1.22 bits per heavy atom. The number of carbonyl (C=O) groups excluding carboxylic acids is 1. The highest BCUT2D eigenvalue weighted by molar-refractivity contribution is 5.92. The van der Waals surface area contributed by atoms with E-state index in [1.54, 1.807) is 18.3 Å². The molecule has 0 aliphatic carbocycles. The van der Waals surface area contributed by atoms with Gasteiger partial charge in [0, 0.05) is 44.0 Å². The molecule has 2 aliphatic heterocycles. The highest BCUT2D eigenvalue weighted by Crippen LogP contribution is 2.46. The number of rotatable bonds is 5. The Hall–Kier alpha value is -2.67. The molecule has 1 amide bonds. The van der Waals surface area contributed by atoms with E-state index in [-0.39, 0.29) is 23.9 Å². The lowest BCUT2D eigenvalue weighted by Crippen LogP contribution is -2.52. The molecule has 2 aromatic rings. The van der Waals surface area contributed by atoms with Crippen LogP contribution in [0.2, 0.25) is 0 Å². The van der Waals surface area contributed by atoms with E-state index in [4.69, 9.17) is 9.47 Å². The molecular formula is C25H32FN3O3. The third-order valence-corrected chi connectivity index (χ3v) is 6.04. The maximum atomic E-state index is 13.9. The maximum Gasteiger partial charge on any atom is 0.272 e. The van der Waals surface area contributed by atoms with Crippen LogP contribution >= 0.6 is 0 Å². The van der Waals surface area contributed by atoms with Crippen molar-refractivity contribution in [3.63, 3.8) is 0 Å². The molecule has 0 radical (unpaired) electrons. The van der Waals surface area contributed by atoms with Crippen molar-refractivity contribution >= 4 is 11.6 Å². The van der Waals surface area contributed by atoms with E-state index in [0.717, 1.165) is 11.3 Å². The van der Waals surface area contributed by atoms with Gasteiger partial charge in [0.2, 0.25) is 0 Å². The average Bonchev–Trinajstić information content (AvgIpc) is 2.74. The molecule has 1 spiro atoms. The quantitative estimate of drug-likeness (QED) is 0.710. The van der Waals surface area contributed by atoms with Gasteiger partial charge in [-0.1, -0.05) is 0 Å². The highest BCUT2D eigenvalue weighted by Gasteiger charge is 2.45. The first kappa shape index (κ1) is 22.5. The zero-order chi connectivity index (χ0) is 22.9. The number of anilines is 1. The lowest BCUT2D eigenvalue weighted by Gasteiger charge is -2.47. The van der Waals surface area contributed by atoms with Crippen molar-refractivity contribution in [3.8, 4) is 5.75 Å². The van der Waals surface area contributed by atoms with Crippen molar-refractivity contribution in [2.45, 2.75) is 70.8 Å². The Balaban J connectivity index is 1.45. The maximum absolute atomic E-state index is 13.9. The molecular weight excluding hydrogens is 409 g/mol. The van der Waals surface area contributed by atoms with Crippen LogP contribution in [0.15, 0.2) is 36.5 Å². The van der Waals surface area contributed by atoms with Crippen LogP contribution in [-0.2, 0) is 4.74 Å². The molecule has 4 rings (SSSR count). The Labute approximate surface area is 189 Å². The summed E-state index contributed by atoms with van der Waals surface area (Å²) >= 11 is 0. The Morgan fingerprint density at radius 2 is 1.97 bits per heavy atom. The van der Waals surface area contributed by atoms with Crippen molar-refractivity contribution in [2.24, 2.45) is 0 Å². The largest absolute Gasteiger partial charge is 0.487 e. The van der Waals surface area contributed by atoms with Crippen molar-refractivity contribution in [1.29, 1.82) is 0 Å². The topological polar surface area (TPSA) is 63.7 Å². The number of benzene rings is 1. The normalized spacial score (nSPS) is 19.7. The summed E-state index contributed by atoms with van der Waals surface area (Å²) in [5.41, 5.74) is 1.69. The number of fused-ring (bicyclic) bond motifs is 1. The second-order valence-electron chi connectivity index (χ2n) is 9.37. The van der Waals surface area contributed by atoms with Gasteiger partial charge in [-0.2, -0.15) is 0 Å². The van der Waals surface area contributed by atoms with Gasteiger partial charge in [0.15, 0.2) is 0 Å². The molecule has 172 valence electrons. The van der Waals surface area contributed by atoms with E-state index in [2.05, 4.69) is 24.1 Å². The van der Waals surface area contributed by atoms with Crippen molar-refractivity contribution in [3.05, 3.63) is 53.6 Å². The molecule has 6 nitrogen and oxygen atoms in total. The summed E-state index contributed by atoms with van der Waals surface area (Å²) in [5.74, 6) is 0.324. The predicted octanol–water partition coefficient (Wildman–Crippen LogP) is 4.96. The number of piperidine rings is 1. The van der Waals surface area contributed by atoms with Gasteiger partial charge in [-0.3, -0.25) is 4.79 Å². The first-order valence-corrected chi connectivity index (χ1v) is 11.4. The number of aromatic nitrogens is 1. The number of likely N-dealkylation sites (tertiary alicyclic amines) is 1. The second kappa shape index (κ2) is 9.06. The van der Waals surface area contributed by atoms with Crippen LogP contribution in [0.25, 0.3) is 0 Å². The molecule has 1 aromatic carbocycles. The van der Waals surface area contributed by atoms with Gasteiger partial charge in [0.1, 0.15) is 22.9 Å². The first-order valence-electron chi connectivity index (χ1n) is 11.4. The number of nitrogens with zero attached hydrogens (tertiary/aromatic N) is 2. The van der Waals surface area contributed by atoms with Crippen LogP contribution in [0.5, 0.6) is 5.75 Å². The first-order chi connectivity index (χ1) is 15.2. The summed E-state index contributed by atoms with van der Waals surface area (Å²) in [6.07, 6.45) is 3.54. The minimum atomic E-state index is -0.417. The molecule has 32 heavy (non-hydrogen) atoms. The third kappa shape index (κ3) is 4.88. The summed E-state index contributed by atoms with van der Waals surface area (Å²) in [6, 6.07) is 8.59. The van der Waals surface area contributed by atoms with Crippen LogP contribution in [0.3, 0.4) is 0 Å². The van der Waals surface area contributed by atoms with E-state index in [1.807, 2.05) is 24.8 Å². The molecule has 3 heterocycles.